The molecule has 0 N–H and O–H groups in total. The van der Waals surface area contributed by atoms with Gasteiger partial charge in [0.2, 0.25) is 0 Å². The van der Waals surface area contributed by atoms with Crippen LogP contribution >= 0.6 is 27.3 Å². The van der Waals surface area contributed by atoms with Gasteiger partial charge in [-0.05, 0) is 108 Å². The lowest BCUT2D eigenvalue weighted by Gasteiger charge is -2.30. The number of fused-ring (bicyclic) bond motifs is 8. The van der Waals surface area contributed by atoms with Crippen LogP contribution < -0.4 is 9.80 Å². The summed E-state index contributed by atoms with van der Waals surface area (Å²) in [6, 6.07) is 74.5. The third-order valence-electron chi connectivity index (χ3n) is 10.9. The Balaban J connectivity index is 1.12. The van der Waals surface area contributed by atoms with Crippen LogP contribution in [0.4, 0.5) is 34.1 Å². The highest BCUT2D eigenvalue weighted by molar-refractivity contribution is 9.10. The van der Waals surface area contributed by atoms with Crippen LogP contribution in [0.3, 0.4) is 0 Å². The zero-order valence-electron chi connectivity index (χ0n) is 30.8. The molecule has 0 bridgehead atoms. The predicted octanol–water partition coefficient (Wildman–Crippen LogP) is 16.0. The predicted molar refractivity (Wildman–Crippen MR) is 248 cm³/mol. The fourth-order valence-corrected chi connectivity index (χ4v) is 10.1. The summed E-state index contributed by atoms with van der Waals surface area (Å²) in [6.07, 6.45) is 0. The van der Waals surface area contributed by atoms with Gasteiger partial charge in [-0.25, -0.2) is 0 Å². The van der Waals surface area contributed by atoms with Crippen LogP contribution in [0, 0.1) is 0 Å². The first-order valence-electron chi connectivity index (χ1n) is 19.1. The largest absolute Gasteiger partial charge is 0.310 e. The van der Waals surface area contributed by atoms with E-state index in [0.29, 0.717) is 0 Å². The van der Waals surface area contributed by atoms with E-state index in [-0.39, 0.29) is 0 Å². The van der Waals surface area contributed by atoms with Crippen LogP contribution in [0.25, 0.3) is 58.4 Å². The monoisotopic (exact) mass is 811 g/mol. The second kappa shape index (κ2) is 13.8. The lowest BCUT2D eigenvalue weighted by atomic mass is 10.0. The molecule has 0 aliphatic carbocycles. The van der Waals surface area contributed by atoms with Gasteiger partial charge in [0.25, 0.3) is 0 Å². The van der Waals surface area contributed by atoms with Crippen molar-refractivity contribution < 1.29 is 0 Å². The molecule has 3 nitrogen and oxygen atoms in total. The van der Waals surface area contributed by atoms with Crippen LogP contribution in [-0.2, 0) is 0 Å². The molecule has 0 saturated carbocycles. The molecule has 9 aromatic carbocycles. The molecule has 0 amide bonds. The number of para-hydroxylation sites is 4. The molecule has 0 spiro atoms. The Morgan fingerprint density at radius 3 is 1.65 bits per heavy atom. The van der Waals surface area contributed by atoms with Crippen molar-refractivity contribution in [1.29, 1.82) is 0 Å². The highest BCUT2D eigenvalue weighted by Crippen LogP contribution is 2.46. The molecule has 0 fully saturated rings. The maximum absolute atomic E-state index is 3.98. The molecule has 0 radical (unpaired) electrons. The van der Waals surface area contributed by atoms with Crippen molar-refractivity contribution in [3.63, 3.8) is 0 Å². The number of nitrogens with zero attached hydrogens (tertiary/aromatic N) is 3. The zero-order chi connectivity index (χ0) is 37.9. The Kier molecular flexibility index (Phi) is 8.16. The summed E-state index contributed by atoms with van der Waals surface area (Å²) in [5, 5.41) is 7.59. The van der Waals surface area contributed by atoms with Gasteiger partial charge in [-0.1, -0.05) is 125 Å². The molecule has 0 unspecified atom stereocenters. The van der Waals surface area contributed by atoms with Gasteiger partial charge in [0.1, 0.15) is 0 Å². The van der Waals surface area contributed by atoms with E-state index in [2.05, 4.69) is 237 Å². The summed E-state index contributed by atoms with van der Waals surface area (Å²) in [5.74, 6) is 0. The van der Waals surface area contributed by atoms with Gasteiger partial charge in [-0.3, -0.25) is 0 Å². The Bertz CT molecular complexity index is 3260. The topological polar surface area (TPSA) is 11.4 Å². The van der Waals surface area contributed by atoms with Crippen LogP contribution in [0.1, 0.15) is 0 Å². The zero-order valence-corrected chi connectivity index (χ0v) is 33.2. The van der Waals surface area contributed by atoms with Crippen molar-refractivity contribution >= 4 is 114 Å². The number of anilines is 6. The average molecular weight is 813 g/mol. The van der Waals surface area contributed by atoms with Crippen LogP contribution in [-0.4, -0.2) is 4.57 Å². The minimum absolute atomic E-state index is 0.990. The Labute approximate surface area is 343 Å². The van der Waals surface area contributed by atoms with E-state index in [1.54, 1.807) is 0 Å². The molecule has 0 saturated heterocycles. The fraction of sp³-hybridized carbons (Fsp3) is 0. The number of hydrogen-bond donors (Lipinski definition) is 0. The molecule has 2 aromatic heterocycles. The molecule has 5 heteroatoms. The van der Waals surface area contributed by atoms with E-state index in [4.69, 9.17) is 0 Å². The highest BCUT2D eigenvalue weighted by Gasteiger charge is 2.21. The first-order chi connectivity index (χ1) is 28.2. The van der Waals surface area contributed by atoms with Gasteiger partial charge in [0.05, 0.1) is 11.0 Å². The van der Waals surface area contributed by atoms with Gasteiger partial charge < -0.3 is 14.4 Å². The molecule has 2 heterocycles. The SMILES string of the molecule is Brc1cc(N(c2ccccc2)c2ccc3sc4ccc5ccccc5c4c3c2)cc(N(c2ccccc2)c2ccc3c4ccccc4n(-c4ccccc4)c3c2)c1. The van der Waals surface area contributed by atoms with E-state index in [1.807, 2.05) is 11.3 Å². The molecular formula is C52H34BrN3S. The smallest absolute Gasteiger partial charge is 0.0561 e. The van der Waals surface area contributed by atoms with Crippen molar-refractivity contribution in [2.75, 3.05) is 9.80 Å². The van der Waals surface area contributed by atoms with Crippen molar-refractivity contribution in [1.82, 2.24) is 4.57 Å². The minimum atomic E-state index is 0.990. The molecule has 0 atom stereocenters. The lowest BCUT2D eigenvalue weighted by Crippen LogP contribution is -2.13. The minimum Gasteiger partial charge on any atom is -0.310 e. The van der Waals surface area contributed by atoms with E-state index in [1.165, 1.54) is 47.2 Å². The third-order valence-corrected chi connectivity index (χ3v) is 12.5. The maximum Gasteiger partial charge on any atom is 0.0561 e. The number of aromatic nitrogens is 1. The summed E-state index contributed by atoms with van der Waals surface area (Å²) >= 11 is 5.84. The van der Waals surface area contributed by atoms with E-state index < -0.39 is 0 Å². The molecule has 11 rings (SSSR count). The van der Waals surface area contributed by atoms with Gasteiger partial charge in [0, 0.05) is 75.2 Å². The molecule has 57 heavy (non-hydrogen) atoms. The summed E-state index contributed by atoms with van der Waals surface area (Å²) < 4.78 is 5.96. The van der Waals surface area contributed by atoms with Gasteiger partial charge in [-0.2, -0.15) is 0 Å². The normalized spacial score (nSPS) is 11.6. The van der Waals surface area contributed by atoms with E-state index in [0.717, 1.165) is 49.8 Å². The first-order valence-corrected chi connectivity index (χ1v) is 20.7. The number of benzene rings is 9. The molecule has 11 aromatic rings. The molecular weight excluding hydrogens is 779 g/mol. The van der Waals surface area contributed by atoms with Crippen LogP contribution in [0.15, 0.2) is 211 Å². The van der Waals surface area contributed by atoms with Crippen molar-refractivity contribution in [2.45, 2.75) is 0 Å². The number of halogens is 1. The molecule has 0 aliphatic rings. The number of thiophene rings is 1. The van der Waals surface area contributed by atoms with Crippen LogP contribution in [0.5, 0.6) is 0 Å². The van der Waals surface area contributed by atoms with Gasteiger partial charge in [0.15, 0.2) is 0 Å². The van der Waals surface area contributed by atoms with E-state index in [9.17, 15) is 0 Å². The fourth-order valence-electron chi connectivity index (χ4n) is 8.49. The highest BCUT2D eigenvalue weighted by atomic mass is 79.9. The molecule has 0 aliphatic heterocycles. The van der Waals surface area contributed by atoms with Crippen molar-refractivity contribution in [3.05, 3.63) is 211 Å². The van der Waals surface area contributed by atoms with Gasteiger partial charge in [-0.15, -0.1) is 11.3 Å². The summed E-state index contributed by atoms with van der Waals surface area (Å²) in [5.41, 5.74) is 9.92. The summed E-state index contributed by atoms with van der Waals surface area (Å²) in [7, 11) is 0. The van der Waals surface area contributed by atoms with Crippen molar-refractivity contribution in [2.24, 2.45) is 0 Å². The van der Waals surface area contributed by atoms with Crippen LogP contribution in [0.2, 0.25) is 0 Å². The average Bonchev–Trinajstić information content (AvgIpc) is 3.80. The summed E-state index contributed by atoms with van der Waals surface area (Å²) in [6.45, 7) is 0. The number of hydrogen-bond acceptors (Lipinski definition) is 3. The first kappa shape index (κ1) is 33.7. The maximum atomic E-state index is 3.98. The Hall–Kier alpha value is -6.66. The third kappa shape index (κ3) is 5.78. The number of rotatable bonds is 7. The summed E-state index contributed by atoms with van der Waals surface area (Å²) in [4.78, 5) is 4.74. The van der Waals surface area contributed by atoms with Crippen molar-refractivity contribution in [3.8, 4) is 5.69 Å². The quantitative estimate of drug-likeness (QED) is 0.159. The molecule has 270 valence electrons. The second-order valence-electron chi connectivity index (χ2n) is 14.3. The lowest BCUT2D eigenvalue weighted by molar-refractivity contribution is 1.18. The van der Waals surface area contributed by atoms with E-state index >= 15 is 0 Å². The Morgan fingerprint density at radius 1 is 0.368 bits per heavy atom. The Morgan fingerprint density at radius 2 is 0.930 bits per heavy atom. The second-order valence-corrected chi connectivity index (χ2v) is 16.3. The van der Waals surface area contributed by atoms with Gasteiger partial charge >= 0.3 is 0 Å². The standard InChI is InChI=1S/C52H34BrN3S/c53-36-30-42(54(37-15-4-1-5-16-37)40-26-29-50-47(33-40)52-44-21-11-10-14-35(44)24-28-51(52)57-50)32-43(31-36)55(38-17-6-2-7-18-38)41-25-27-46-45-22-12-13-23-48(45)56(49(46)34-41)39-19-8-3-9-20-39/h1-34H.